The second-order valence-electron chi connectivity index (χ2n) is 3.46. The van der Waals surface area contributed by atoms with Gasteiger partial charge in [-0.3, -0.25) is 10.0 Å². The predicted molar refractivity (Wildman–Crippen MR) is 68.5 cm³/mol. The molecule has 1 aromatic rings. The van der Waals surface area contributed by atoms with Crippen LogP contribution in [0.3, 0.4) is 0 Å². The molecule has 6 nitrogen and oxygen atoms in total. The van der Waals surface area contributed by atoms with E-state index in [-0.39, 0.29) is 22.6 Å². The van der Waals surface area contributed by atoms with Crippen molar-refractivity contribution in [3.63, 3.8) is 0 Å². The molecule has 0 aliphatic rings. The Labute approximate surface area is 109 Å². The van der Waals surface area contributed by atoms with E-state index in [0.717, 1.165) is 24.6 Å². The number of hydrogen-bond donors (Lipinski definition) is 1. The minimum atomic E-state index is -0.361. The molecule has 0 spiro atoms. The summed E-state index contributed by atoms with van der Waals surface area (Å²) >= 11 is 1.05. The van der Waals surface area contributed by atoms with Crippen LogP contribution in [-0.2, 0) is 9.53 Å². The standard InChI is InChI=1S/C11H15N2O4S/c1-2-3-7-17-10(14)8-18-11-9(13(15)16)5-4-6-12-11/h4-6,15H,2-3,7-8H2,1H3/q-1. The van der Waals surface area contributed by atoms with Crippen LogP contribution >= 0.6 is 11.8 Å². The van der Waals surface area contributed by atoms with E-state index in [0.29, 0.717) is 11.6 Å². The van der Waals surface area contributed by atoms with Crippen molar-refractivity contribution in [3.8, 4) is 0 Å². The first kappa shape index (κ1) is 14.7. The van der Waals surface area contributed by atoms with E-state index in [1.807, 2.05) is 6.92 Å². The number of rotatable bonds is 7. The summed E-state index contributed by atoms with van der Waals surface area (Å²) < 4.78 is 4.96. The molecule has 18 heavy (non-hydrogen) atoms. The first-order valence-electron chi connectivity index (χ1n) is 5.54. The first-order chi connectivity index (χ1) is 8.65. The van der Waals surface area contributed by atoms with E-state index in [1.54, 1.807) is 0 Å². The van der Waals surface area contributed by atoms with Crippen molar-refractivity contribution in [1.82, 2.24) is 4.98 Å². The SMILES string of the molecule is CCCCOC(=O)CSc1ncccc1N([O-])O. The van der Waals surface area contributed by atoms with E-state index in [2.05, 4.69) is 4.98 Å². The number of anilines is 1. The van der Waals surface area contributed by atoms with E-state index in [9.17, 15) is 10.0 Å². The second kappa shape index (κ2) is 7.91. The molecule has 0 aliphatic heterocycles. The smallest absolute Gasteiger partial charge is 0.316 e. The Morgan fingerprint density at radius 3 is 3.11 bits per heavy atom. The van der Waals surface area contributed by atoms with Gasteiger partial charge in [0.15, 0.2) is 0 Å². The van der Waals surface area contributed by atoms with Gasteiger partial charge in [0.05, 0.1) is 18.0 Å². The van der Waals surface area contributed by atoms with Crippen LogP contribution in [0.5, 0.6) is 0 Å². The zero-order valence-electron chi connectivity index (χ0n) is 10.0. The molecule has 7 heteroatoms. The first-order valence-corrected chi connectivity index (χ1v) is 6.53. The average molecular weight is 271 g/mol. The summed E-state index contributed by atoms with van der Waals surface area (Å²) in [6.07, 6.45) is 3.27. The highest BCUT2D eigenvalue weighted by Crippen LogP contribution is 2.26. The molecule has 0 saturated heterocycles. The third-order valence-corrected chi connectivity index (χ3v) is 3.01. The normalized spacial score (nSPS) is 10.2. The lowest BCUT2D eigenvalue weighted by Gasteiger charge is -2.23. The third-order valence-electron chi connectivity index (χ3n) is 2.04. The lowest BCUT2D eigenvalue weighted by atomic mass is 10.4. The van der Waals surface area contributed by atoms with Gasteiger partial charge in [-0.2, -0.15) is 0 Å². The molecule has 1 N–H and O–H groups in total. The van der Waals surface area contributed by atoms with Gasteiger partial charge >= 0.3 is 5.97 Å². The maximum Gasteiger partial charge on any atom is 0.316 e. The number of unbranched alkanes of at least 4 members (excludes halogenated alkanes) is 1. The van der Waals surface area contributed by atoms with E-state index >= 15 is 0 Å². The maximum atomic E-state index is 11.3. The van der Waals surface area contributed by atoms with Crippen LogP contribution in [-0.4, -0.2) is 28.5 Å². The van der Waals surface area contributed by atoms with Gasteiger partial charge in [-0.1, -0.05) is 25.1 Å². The van der Waals surface area contributed by atoms with Crippen molar-refractivity contribution >= 4 is 23.4 Å². The number of pyridine rings is 1. The van der Waals surface area contributed by atoms with Gasteiger partial charge in [0.1, 0.15) is 5.03 Å². The molecule has 0 radical (unpaired) electrons. The molecule has 1 heterocycles. The van der Waals surface area contributed by atoms with Crippen LogP contribution in [0.4, 0.5) is 5.69 Å². The van der Waals surface area contributed by atoms with Crippen LogP contribution in [0.1, 0.15) is 19.8 Å². The Morgan fingerprint density at radius 1 is 1.67 bits per heavy atom. The number of thioether (sulfide) groups is 1. The summed E-state index contributed by atoms with van der Waals surface area (Å²) in [6, 6.07) is 2.95. The van der Waals surface area contributed by atoms with Gasteiger partial charge in [-0.15, -0.1) is 0 Å². The summed E-state index contributed by atoms with van der Waals surface area (Å²) in [4.78, 5) is 15.3. The topological polar surface area (TPSA) is 85.7 Å². The summed E-state index contributed by atoms with van der Waals surface area (Å²) in [6.45, 7) is 2.41. The van der Waals surface area contributed by atoms with E-state index in [4.69, 9.17) is 9.94 Å². The third kappa shape index (κ3) is 4.91. The largest absolute Gasteiger partial charge is 0.733 e. The Bertz CT molecular complexity index is 387. The molecule has 1 aromatic heterocycles. The van der Waals surface area contributed by atoms with Crippen LogP contribution in [0, 0.1) is 5.21 Å². The lowest BCUT2D eigenvalue weighted by molar-refractivity contribution is -0.140. The van der Waals surface area contributed by atoms with Gasteiger partial charge < -0.3 is 15.2 Å². The van der Waals surface area contributed by atoms with Crippen molar-refractivity contribution in [1.29, 1.82) is 0 Å². The zero-order chi connectivity index (χ0) is 13.4. The molecule has 0 unspecified atom stereocenters. The highest BCUT2D eigenvalue weighted by molar-refractivity contribution is 8.00. The average Bonchev–Trinajstić information content (AvgIpc) is 2.37. The van der Waals surface area contributed by atoms with Crippen LogP contribution < -0.4 is 5.23 Å². The van der Waals surface area contributed by atoms with Gasteiger partial charge in [0.25, 0.3) is 0 Å². The number of nitrogens with zero attached hydrogens (tertiary/aromatic N) is 2. The molecule has 0 fully saturated rings. The fourth-order valence-electron chi connectivity index (χ4n) is 1.14. The number of carbonyl (C=O) groups is 1. The van der Waals surface area contributed by atoms with Crippen molar-refractivity contribution in [2.75, 3.05) is 17.6 Å². The number of ether oxygens (including phenoxy) is 1. The Hall–Kier alpha value is -1.31. The highest BCUT2D eigenvalue weighted by Gasteiger charge is 2.09. The predicted octanol–water partition coefficient (Wildman–Crippen LogP) is 2.21. The fraction of sp³-hybridized carbons (Fsp3) is 0.455. The highest BCUT2D eigenvalue weighted by atomic mass is 32.2. The van der Waals surface area contributed by atoms with Crippen molar-refractivity contribution in [3.05, 3.63) is 23.5 Å². The zero-order valence-corrected chi connectivity index (χ0v) is 10.9. The van der Waals surface area contributed by atoms with Crippen LogP contribution in [0.2, 0.25) is 0 Å². The number of aromatic nitrogens is 1. The minimum absolute atomic E-state index is 0.0175. The summed E-state index contributed by atoms with van der Waals surface area (Å²) in [5, 5.41) is 19.7. The molecule has 0 saturated carbocycles. The molecular formula is C11H15N2O4S-. The Balaban J connectivity index is 2.45. The quantitative estimate of drug-likeness (QED) is 0.352. The molecule has 1 rings (SSSR count). The summed E-state index contributed by atoms with van der Waals surface area (Å²) in [5.74, 6) is -0.304. The van der Waals surface area contributed by atoms with Crippen molar-refractivity contribution in [2.45, 2.75) is 24.8 Å². The summed E-state index contributed by atoms with van der Waals surface area (Å²) in [7, 11) is 0. The molecule has 0 atom stereocenters. The molecule has 0 aliphatic carbocycles. The Morgan fingerprint density at radius 2 is 2.44 bits per heavy atom. The van der Waals surface area contributed by atoms with Gasteiger partial charge in [0.2, 0.25) is 0 Å². The summed E-state index contributed by atoms with van der Waals surface area (Å²) in [5.41, 5.74) is 0.0175. The van der Waals surface area contributed by atoms with Gasteiger partial charge in [-0.05, 0) is 18.6 Å². The fourth-order valence-corrected chi connectivity index (χ4v) is 1.91. The maximum absolute atomic E-state index is 11.3. The molecular weight excluding hydrogens is 256 g/mol. The van der Waals surface area contributed by atoms with Crippen molar-refractivity contribution < 1.29 is 14.7 Å². The van der Waals surface area contributed by atoms with E-state index in [1.165, 1.54) is 18.3 Å². The molecule has 100 valence electrons. The number of hydrogen-bond acceptors (Lipinski definition) is 7. The van der Waals surface area contributed by atoms with Crippen LogP contribution in [0.15, 0.2) is 23.4 Å². The minimum Gasteiger partial charge on any atom is -0.733 e. The van der Waals surface area contributed by atoms with Crippen molar-refractivity contribution in [2.24, 2.45) is 0 Å². The molecule has 0 amide bonds. The lowest BCUT2D eigenvalue weighted by Crippen LogP contribution is -2.11. The molecule has 0 bridgehead atoms. The Kier molecular flexibility index (Phi) is 6.48. The number of carbonyl (C=O) groups excluding carboxylic acids is 1. The van der Waals surface area contributed by atoms with Gasteiger partial charge in [-0.25, -0.2) is 4.98 Å². The van der Waals surface area contributed by atoms with E-state index < -0.39 is 0 Å². The van der Waals surface area contributed by atoms with Gasteiger partial charge in [0, 0.05) is 6.20 Å². The second-order valence-corrected chi connectivity index (χ2v) is 4.43. The monoisotopic (exact) mass is 271 g/mol. The van der Waals surface area contributed by atoms with Crippen LogP contribution in [0.25, 0.3) is 0 Å². The number of esters is 1. The molecule has 0 aromatic carbocycles.